The molecule has 0 saturated carbocycles. The van der Waals surface area contributed by atoms with E-state index >= 15 is 0 Å². The van der Waals surface area contributed by atoms with Gasteiger partial charge in [-0.05, 0) is 18.6 Å². The molecule has 0 aliphatic rings. The van der Waals surface area contributed by atoms with Gasteiger partial charge in [0, 0.05) is 12.8 Å². The molecular weight excluding hydrogens is 176 g/mol. The van der Waals surface area contributed by atoms with Crippen LogP contribution >= 0.6 is 0 Å². The molecule has 1 atom stereocenters. The molecule has 1 aromatic heterocycles. The summed E-state index contributed by atoms with van der Waals surface area (Å²) in [6.45, 7) is 7.93. The summed E-state index contributed by atoms with van der Waals surface area (Å²) in [7, 11) is 0. The summed E-state index contributed by atoms with van der Waals surface area (Å²) >= 11 is 0. The minimum Gasteiger partial charge on any atom is -0.463 e. The van der Waals surface area contributed by atoms with E-state index in [-0.39, 0.29) is 0 Å². The Labute approximate surface area is 85.2 Å². The molecule has 0 radical (unpaired) electrons. The Morgan fingerprint density at radius 2 is 2.21 bits per heavy atom. The van der Waals surface area contributed by atoms with Crippen LogP contribution in [0.2, 0.25) is 0 Å². The first-order chi connectivity index (χ1) is 6.67. The predicted molar refractivity (Wildman–Crippen MR) is 57.1 cm³/mol. The predicted octanol–water partition coefficient (Wildman–Crippen LogP) is 3.23. The van der Waals surface area contributed by atoms with Gasteiger partial charge in [0.2, 0.25) is 0 Å². The highest BCUT2D eigenvalue weighted by molar-refractivity contribution is 5.11. The average Bonchev–Trinajstić information content (AvgIpc) is 2.65. The van der Waals surface area contributed by atoms with Crippen molar-refractivity contribution in [1.29, 1.82) is 0 Å². The molecule has 0 bridgehead atoms. The number of aliphatic hydroxyl groups is 1. The van der Waals surface area contributed by atoms with Gasteiger partial charge in [-0.15, -0.1) is 0 Å². The van der Waals surface area contributed by atoms with E-state index in [2.05, 4.69) is 6.58 Å². The maximum absolute atomic E-state index is 9.78. The molecular formula is C12H18O2. The summed E-state index contributed by atoms with van der Waals surface area (Å²) in [6.07, 6.45) is 1.82. The molecule has 2 nitrogen and oxygen atoms in total. The molecule has 1 unspecified atom stereocenters. The topological polar surface area (TPSA) is 33.4 Å². The van der Waals surface area contributed by atoms with E-state index in [4.69, 9.17) is 4.42 Å². The number of hydrogen-bond donors (Lipinski definition) is 1. The van der Waals surface area contributed by atoms with Crippen LogP contribution < -0.4 is 0 Å². The molecule has 0 amide bonds. The third-order valence-corrected chi connectivity index (χ3v) is 2.34. The second kappa shape index (κ2) is 5.01. The fourth-order valence-corrected chi connectivity index (χ4v) is 1.28. The van der Waals surface area contributed by atoms with E-state index in [9.17, 15) is 5.11 Å². The lowest BCUT2D eigenvalue weighted by molar-refractivity contribution is 0.147. The second-order valence-electron chi connectivity index (χ2n) is 3.48. The normalized spacial score (nSPS) is 12.8. The van der Waals surface area contributed by atoms with Gasteiger partial charge < -0.3 is 9.52 Å². The molecule has 0 spiro atoms. The minimum absolute atomic E-state index is 0.539. The van der Waals surface area contributed by atoms with Crippen LogP contribution in [0, 0.1) is 0 Å². The lowest BCUT2D eigenvalue weighted by Gasteiger charge is -2.08. The number of hydrogen-bond acceptors (Lipinski definition) is 2. The lowest BCUT2D eigenvalue weighted by Crippen LogP contribution is -1.96. The summed E-state index contributed by atoms with van der Waals surface area (Å²) in [6, 6.07) is 3.75. The van der Waals surface area contributed by atoms with Crippen LogP contribution in [0.5, 0.6) is 0 Å². The smallest absolute Gasteiger partial charge is 0.132 e. The average molecular weight is 194 g/mol. The van der Waals surface area contributed by atoms with E-state index < -0.39 is 6.10 Å². The molecule has 1 heterocycles. The van der Waals surface area contributed by atoms with Crippen molar-refractivity contribution in [2.75, 3.05) is 0 Å². The fraction of sp³-hybridized carbons (Fsp3) is 0.500. The van der Waals surface area contributed by atoms with Crippen molar-refractivity contribution in [3.8, 4) is 0 Å². The van der Waals surface area contributed by atoms with Crippen molar-refractivity contribution in [3.05, 3.63) is 35.8 Å². The molecule has 1 rings (SSSR count). The zero-order valence-corrected chi connectivity index (χ0v) is 8.92. The molecule has 0 aromatic carbocycles. The van der Waals surface area contributed by atoms with Crippen molar-refractivity contribution in [2.45, 2.75) is 39.2 Å². The molecule has 0 aliphatic heterocycles. The summed E-state index contributed by atoms with van der Waals surface area (Å²) in [5.41, 5.74) is 1.05. The number of aryl methyl sites for hydroxylation is 1. The van der Waals surface area contributed by atoms with Crippen LogP contribution in [0.15, 0.2) is 28.7 Å². The third-order valence-electron chi connectivity index (χ3n) is 2.34. The van der Waals surface area contributed by atoms with Gasteiger partial charge >= 0.3 is 0 Å². The second-order valence-corrected chi connectivity index (χ2v) is 3.48. The first-order valence-corrected chi connectivity index (χ1v) is 5.10. The summed E-state index contributed by atoms with van der Waals surface area (Å²) in [5, 5.41) is 9.78. The van der Waals surface area contributed by atoms with Crippen LogP contribution in [0.4, 0.5) is 0 Å². The van der Waals surface area contributed by atoms with E-state index in [1.54, 1.807) is 0 Å². The maximum Gasteiger partial charge on any atom is 0.132 e. The van der Waals surface area contributed by atoms with Gasteiger partial charge in [-0.2, -0.15) is 0 Å². The quantitative estimate of drug-likeness (QED) is 0.730. The Bertz CT molecular complexity index is 299. The zero-order chi connectivity index (χ0) is 10.6. The fourth-order valence-electron chi connectivity index (χ4n) is 1.28. The van der Waals surface area contributed by atoms with E-state index in [0.717, 1.165) is 24.2 Å². The Kier molecular flexibility index (Phi) is 3.96. The third kappa shape index (κ3) is 2.74. The van der Waals surface area contributed by atoms with Gasteiger partial charge in [0.1, 0.15) is 17.6 Å². The number of furan rings is 1. The van der Waals surface area contributed by atoms with Crippen molar-refractivity contribution in [1.82, 2.24) is 0 Å². The Hall–Kier alpha value is -1.02. The molecule has 2 heteroatoms. The van der Waals surface area contributed by atoms with Gasteiger partial charge in [-0.25, -0.2) is 0 Å². The first-order valence-electron chi connectivity index (χ1n) is 5.10. The number of aliphatic hydroxyl groups excluding tert-OH is 1. The molecule has 0 aliphatic carbocycles. The molecule has 14 heavy (non-hydrogen) atoms. The van der Waals surface area contributed by atoms with Crippen LogP contribution in [0.3, 0.4) is 0 Å². The molecule has 1 aromatic rings. The van der Waals surface area contributed by atoms with Crippen LogP contribution in [-0.4, -0.2) is 5.11 Å². The Morgan fingerprint density at radius 3 is 2.71 bits per heavy atom. The Balaban J connectivity index is 2.60. The molecule has 1 N–H and O–H groups in total. The van der Waals surface area contributed by atoms with Crippen LogP contribution in [-0.2, 0) is 6.42 Å². The van der Waals surface area contributed by atoms with Gasteiger partial charge in [-0.1, -0.05) is 26.0 Å². The van der Waals surface area contributed by atoms with Crippen LogP contribution in [0.25, 0.3) is 0 Å². The minimum atomic E-state index is -0.539. The molecule has 0 saturated heterocycles. The van der Waals surface area contributed by atoms with Gasteiger partial charge in [-0.3, -0.25) is 0 Å². The SMILES string of the molecule is C=C(CC)CC(O)c1ccc(CC)o1. The maximum atomic E-state index is 9.78. The van der Waals surface area contributed by atoms with E-state index in [1.807, 2.05) is 26.0 Å². The largest absolute Gasteiger partial charge is 0.463 e. The summed E-state index contributed by atoms with van der Waals surface area (Å²) in [5.74, 6) is 1.57. The van der Waals surface area contributed by atoms with Gasteiger partial charge in [0.25, 0.3) is 0 Å². The monoisotopic (exact) mass is 194 g/mol. The highest BCUT2D eigenvalue weighted by Gasteiger charge is 2.12. The highest BCUT2D eigenvalue weighted by Crippen LogP contribution is 2.23. The van der Waals surface area contributed by atoms with Gasteiger partial charge in [0.15, 0.2) is 0 Å². The highest BCUT2D eigenvalue weighted by atomic mass is 16.4. The molecule has 0 fully saturated rings. The van der Waals surface area contributed by atoms with Crippen molar-refractivity contribution < 1.29 is 9.52 Å². The molecule has 78 valence electrons. The van der Waals surface area contributed by atoms with Gasteiger partial charge in [0.05, 0.1) is 0 Å². The van der Waals surface area contributed by atoms with E-state index in [0.29, 0.717) is 12.2 Å². The summed E-state index contributed by atoms with van der Waals surface area (Å²) in [4.78, 5) is 0. The zero-order valence-electron chi connectivity index (χ0n) is 8.92. The lowest BCUT2D eigenvalue weighted by atomic mass is 10.1. The van der Waals surface area contributed by atoms with Crippen molar-refractivity contribution in [3.63, 3.8) is 0 Å². The number of rotatable bonds is 5. The first kappa shape index (κ1) is 11.1. The van der Waals surface area contributed by atoms with Crippen molar-refractivity contribution in [2.24, 2.45) is 0 Å². The van der Waals surface area contributed by atoms with Crippen LogP contribution in [0.1, 0.15) is 44.3 Å². The standard InChI is InChI=1S/C12H18O2/c1-4-9(3)8-11(13)12-7-6-10(5-2)14-12/h6-7,11,13H,3-5,8H2,1-2H3. The van der Waals surface area contributed by atoms with E-state index in [1.165, 1.54) is 0 Å². The van der Waals surface area contributed by atoms with Crippen molar-refractivity contribution >= 4 is 0 Å². The Morgan fingerprint density at radius 1 is 1.50 bits per heavy atom. The summed E-state index contributed by atoms with van der Waals surface area (Å²) < 4.78 is 5.45.